The summed E-state index contributed by atoms with van der Waals surface area (Å²) in [5, 5.41) is 0. The van der Waals surface area contributed by atoms with Gasteiger partial charge in [0.25, 0.3) is 0 Å². The third-order valence-corrected chi connectivity index (χ3v) is 2.77. The van der Waals surface area contributed by atoms with Crippen LogP contribution in [-0.2, 0) is 0 Å². The number of methoxy groups -OCH3 is 3. The topological polar surface area (TPSA) is 27.7 Å². The van der Waals surface area contributed by atoms with Crippen molar-refractivity contribution in [1.82, 2.24) is 0 Å². The molecule has 0 bridgehead atoms. The Balaban J connectivity index is 2.31. The molecule has 2 aromatic carbocycles. The van der Waals surface area contributed by atoms with E-state index in [-0.39, 0.29) is 0 Å². The standard InChI is InChI=1S/C17H16O3/c1-18-15-6-4-5-13(9-15)7-8-14-10-16(19-2)12-17(11-14)20-3/h4-6,9-12H,1-3H3. The fourth-order valence-corrected chi connectivity index (χ4v) is 1.72. The van der Waals surface area contributed by atoms with Crippen LogP contribution in [0.4, 0.5) is 0 Å². The summed E-state index contributed by atoms with van der Waals surface area (Å²) >= 11 is 0. The Morgan fingerprint density at radius 1 is 0.650 bits per heavy atom. The SMILES string of the molecule is COc1cccc(C#Cc2cc(OC)cc(OC)c2)c1. The molecule has 0 heterocycles. The molecule has 0 unspecified atom stereocenters. The highest BCUT2D eigenvalue weighted by Crippen LogP contribution is 2.22. The maximum Gasteiger partial charge on any atom is 0.123 e. The van der Waals surface area contributed by atoms with Gasteiger partial charge in [0.05, 0.1) is 21.3 Å². The van der Waals surface area contributed by atoms with Gasteiger partial charge < -0.3 is 14.2 Å². The Morgan fingerprint density at radius 2 is 1.20 bits per heavy atom. The summed E-state index contributed by atoms with van der Waals surface area (Å²) in [7, 11) is 4.88. The first-order chi connectivity index (χ1) is 9.75. The normalized spacial score (nSPS) is 9.35. The van der Waals surface area contributed by atoms with Gasteiger partial charge in [0.15, 0.2) is 0 Å². The molecule has 0 N–H and O–H groups in total. The van der Waals surface area contributed by atoms with E-state index in [1.54, 1.807) is 21.3 Å². The van der Waals surface area contributed by atoms with E-state index in [9.17, 15) is 0 Å². The van der Waals surface area contributed by atoms with Gasteiger partial charge in [0.2, 0.25) is 0 Å². The maximum atomic E-state index is 5.22. The van der Waals surface area contributed by atoms with Gasteiger partial charge in [0, 0.05) is 17.2 Å². The van der Waals surface area contributed by atoms with Crippen molar-refractivity contribution in [2.75, 3.05) is 21.3 Å². The smallest absolute Gasteiger partial charge is 0.123 e. The minimum atomic E-state index is 0.722. The van der Waals surface area contributed by atoms with Gasteiger partial charge in [-0.1, -0.05) is 17.9 Å². The summed E-state index contributed by atoms with van der Waals surface area (Å²) in [6.07, 6.45) is 0. The molecule has 0 fully saturated rings. The summed E-state index contributed by atoms with van der Waals surface area (Å²) in [4.78, 5) is 0. The molecule has 0 amide bonds. The van der Waals surface area contributed by atoms with Crippen molar-refractivity contribution in [3.8, 4) is 29.1 Å². The largest absolute Gasteiger partial charge is 0.497 e. The summed E-state index contributed by atoms with van der Waals surface area (Å²) < 4.78 is 15.6. The average Bonchev–Trinajstić information content (AvgIpc) is 2.52. The molecule has 3 nitrogen and oxygen atoms in total. The Labute approximate surface area is 119 Å². The van der Waals surface area contributed by atoms with Crippen molar-refractivity contribution in [2.24, 2.45) is 0 Å². The molecule has 0 aliphatic carbocycles. The lowest BCUT2D eigenvalue weighted by Gasteiger charge is -2.04. The van der Waals surface area contributed by atoms with Crippen LogP contribution in [0.25, 0.3) is 0 Å². The monoisotopic (exact) mass is 268 g/mol. The molecule has 0 aromatic heterocycles. The zero-order chi connectivity index (χ0) is 14.4. The summed E-state index contributed by atoms with van der Waals surface area (Å²) in [5.41, 5.74) is 1.73. The first kappa shape index (κ1) is 13.8. The minimum Gasteiger partial charge on any atom is -0.497 e. The fraction of sp³-hybridized carbons (Fsp3) is 0.176. The third-order valence-electron chi connectivity index (χ3n) is 2.77. The molecule has 0 saturated carbocycles. The Kier molecular flexibility index (Phi) is 4.52. The molecule has 0 saturated heterocycles. The first-order valence-corrected chi connectivity index (χ1v) is 6.14. The zero-order valence-electron chi connectivity index (χ0n) is 11.8. The first-order valence-electron chi connectivity index (χ1n) is 6.14. The van der Waals surface area contributed by atoms with E-state index in [0.717, 1.165) is 28.4 Å². The second-order valence-electron chi connectivity index (χ2n) is 4.08. The molecular formula is C17H16O3. The molecule has 3 heteroatoms. The molecular weight excluding hydrogens is 252 g/mol. The van der Waals surface area contributed by atoms with Crippen LogP contribution in [0.3, 0.4) is 0 Å². The Morgan fingerprint density at radius 3 is 1.80 bits per heavy atom. The molecule has 102 valence electrons. The van der Waals surface area contributed by atoms with Gasteiger partial charge in [0.1, 0.15) is 17.2 Å². The van der Waals surface area contributed by atoms with Crippen molar-refractivity contribution >= 4 is 0 Å². The van der Waals surface area contributed by atoms with Crippen LogP contribution in [0.5, 0.6) is 17.2 Å². The van der Waals surface area contributed by atoms with Crippen LogP contribution in [0.15, 0.2) is 42.5 Å². The predicted molar refractivity (Wildman–Crippen MR) is 78.5 cm³/mol. The van der Waals surface area contributed by atoms with Crippen LogP contribution in [-0.4, -0.2) is 21.3 Å². The van der Waals surface area contributed by atoms with Crippen molar-refractivity contribution in [2.45, 2.75) is 0 Å². The number of benzene rings is 2. The highest BCUT2D eigenvalue weighted by Gasteiger charge is 1.99. The minimum absolute atomic E-state index is 0.722. The van der Waals surface area contributed by atoms with Crippen LogP contribution in [0.2, 0.25) is 0 Å². The molecule has 20 heavy (non-hydrogen) atoms. The van der Waals surface area contributed by atoms with Gasteiger partial charge in [-0.25, -0.2) is 0 Å². The van der Waals surface area contributed by atoms with Crippen molar-refractivity contribution in [3.63, 3.8) is 0 Å². The molecule has 2 rings (SSSR count). The highest BCUT2D eigenvalue weighted by molar-refractivity contribution is 5.50. The van der Waals surface area contributed by atoms with Crippen molar-refractivity contribution in [1.29, 1.82) is 0 Å². The summed E-state index contributed by atoms with van der Waals surface area (Å²) in [5.74, 6) is 8.43. The highest BCUT2D eigenvalue weighted by atomic mass is 16.5. The van der Waals surface area contributed by atoms with Crippen LogP contribution in [0.1, 0.15) is 11.1 Å². The maximum absolute atomic E-state index is 5.22. The van der Waals surface area contributed by atoms with E-state index in [2.05, 4.69) is 11.8 Å². The lowest BCUT2D eigenvalue weighted by Crippen LogP contribution is -1.88. The van der Waals surface area contributed by atoms with Crippen molar-refractivity contribution < 1.29 is 14.2 Å². The van der Waals surface area contributed by atoms with Gasteiger partial charge in [-0.05, 0) is 30.3 Å². The van der Waals surface area contributed by atoms with E-state index in [0.29, 0.717) is 0 Å². The average molecular weight is 268 g/mol. The molecule has 2 aromatic rings. The summed E-state index contributed by atoms with van der Waals surface area (Å²) in [6, 6.07) is 13.2. The number of ether oxygens (including phenoxy) is 3. The quantitative estimate of drug-likeness (QED) is 0.800. The molecule has 0 spiro atoms. The van der Waals surface area contributed by atoms with Crippen LogP contribution in [0, 0.1) is 11.8 Å². The molecule has 0 aliphatic rings. The van der Waals surface area contributed by atoms with Crippen molar-refractivity contribution in [3.05, 3.63) is 53.6 Å². The number of hydrogen-bond donors (Lipinski definition) is 0. The molecule has 0 aliphatic heterocycles. The van der Waals surface area contributed by atoms with Gasteiger partial charge in [-0.15, -0.1) is 0 Å². The number of rotatable bonds is 3. The number of hydrogen-bond acceptors (Lipinski definition) is 3. The van der Waals surface area contributed by atoms with Crippen LogP contribution < -0.4 is 14.2 Å². The zero-order valence-corrected chi connectivity index (χ0v) is 11.8. The second-order valence-corrected chi connectivity index (χ2v) is 4.08. The fourth-order valence-electron chi connectivity index (χ4n) is 1.72. The molecule has 0 atom stereocenters. The Hall–Kier alpha value is -2.60. The van der Waals surface area contributed by atoms with E-state index in [1.807, 2.05) is 42.5 Å². The third kappa shape index (κ3) is 3.46. The predicted octanol–water partition coefficient (Wildman–Crippen LogP) is 3.11. The van der Waals surface area contributed by atoms with Gasteiger partial charge in [-0.3, -0.25) is 0 Å². The Bertz CT molecular complexity index is 629. The molecule has 0 radical (unpaired) electrons. The lowest BCUT2D eigenvalue weighted by atomic mass is 10.1. The van der Waals surface area contributed by atoms with Gasteiger partial charge >= 0.3 is 0 Å². The summed E-state index contributed by atoms with van der Waals surface area (Å²) in [6.45, 7) is 0. The van der Waals surface area contributed by atoms with E-state index in [1.165, 1.54) is 0 Å². The van der Waals surface area contributed by atoms with Crippen LogP contribution >= 0.6 is 0 Å². The van der Waals surface area contributed by atoms with E-state index >= 15 is 0 Å². The lowest BCUT2D eigenvalue weighted by molar-refractivity contribution is 0.394. The van der Waals surface area contributed by atoms with E-state index in [4.69, 9.17) is 14.2 Å². The van der Waals surface area contributed by atoms with E-state index < -0.39 is 0 Å². The van der Waals surface area contributed by atoms with Gasteiger partial charge in [-0.2, -0.15) is 0 Å². The second kappa shape index (κ2) is 6.53.